The lowest BCUT2D eigenvalue weighted by atomic mass is 10.1. The van der Waals surface area contributed by atoms with E-state index in [1.807, 2.05) is 24.3 Å². The van der Waals surface area contributed by atoms with Crippen molar-refractivity contribution < 1.29 is 9.52 Å². The zero-order valence-electron chi connectivity index (χ0n) is 9.25. The molecule has 0 amide bonds. The molecule has 0 bridgehead atoms. The van der Waals surface area contributed by atoms with Crippen LogP contribution in [0.5, 0.6) is 0 Å². The standard InChI is InChI=1S/C13H11NO2S/c1-13(15,11-7-4-8-16-11)12-14-9-5-2-3-6-10(9)17-12/h2-8,15H,1H3/t13-/m0/s1. The van der Waals surface area contributed by atoms with Crippen molar-refractivity contribution in [2.24, 2.45) is 0 Å². The highest BCUT2D eigenvalue weighted by atomic mass is 32.1. The van der Waals surface area contributed by atoms with Crippen LogP contribution in [0.1, 0.15) is 17.7 Å². The number of rotatable bonds is 2. The van der Waals surface area contributed by atoms with Crippen molar-refractivity contribution >= 4 is 21.6 Å². The first kappa shape index (κ1) is 10.5. The molecule has 0 radical (unpaired) electrons. The molecule has 1 atom stereocenters. The molecular weight excluding hydrogens is 234 g/mol. The Hall–Kier alpha value is -1.65. The van der Waals surface area contributed by atoms with E-state index >= 15 is 0 Å². The van der Waals surface area contributed by atoms with E-state index in [0.717, 1.165) is 10.2 Å². The van der Waals surface area contributed by atoms with Crippen molar-refractivity contribution in [3.63, 3.8) is 0 Å². The minimum atomic E-state index is -1.17. The van der Waals surface area contributed by atoms with Gasteiger partial charge in [-0.05, 0) is 31.2 Å². The molecule has 0 spiro atoms. The number of fused-ring (bicyclic) bond motifs is 1. The molecule has 0 aliphatic carbocycles. The lowest BCUT2D eigenvalue weighted by Gasteiger charge is -2.17. The van der Waals surface area contributed by atoms with Crippen molar-refractivity contribution in [1.29, 1.82) is 0 Å². The normalized spacial score (nSPS) is 14.9. The average Bonchev–Trinajstić information content (AvgIpc) is 2.98. The van der Waals surface area contributed by atoms with Crippen molar-refractivity contribution in [3.8, 4) is 0 Å². The zero-order chi connectivity index (χ0) is 11.9. The Bertz CT molecular complexity index is 607. The van der Waals surface area contributed by atoms with Gasteiger partial charge in [-0.15, -0.1) is 11.3 Å². The Morgan fingerprint density at radius 3 is 2.76 bits per heavy atom. The maximum Gasteiger partial charge on any atom is 0.170 e. The predicted octanol–water partition coefficient (Wildman–Crippen LogP) is 3.15. The number of aliphatic hydroxyl groups is 1. The Balaban J connectivity index is 2.15. The molecule has 2 heterocycles. The Morgan fingerprint density at radius 2 is 2.06 bits per heavy atom. The van der Waals surface area contributed by atoms with E-state index in [9.17, 15) is 5.11 Å². The van der Waals surface area contributed by atoms with Gasteiger partial charge in [0.1, 0.15) is 10.8 Å². The van der Waals surface area contributed by atoms with Crippen molar-refractivity contribution in [3.05, 3.63) is 53.4 Å². The predicted molar refractivity (Wildman–Crippen MR) is 67.0 cm³/mol. The average molecular weight is 245 g/mol. The summed E-state index contributed by atoms with van der Waals surface area (Å²) in [5.41, 5.74) is -0.271. The Labute approximate surface area is 102 Å². The number of aromatic nitrogens is 1. The van der Waals surface area contributed by atoms with Crippen molar-refractivity contribution in [2.75, 3.05) is 0 Å². The van der Waals surface area contributed by atoms with Gasteiger partial charge in [-0.3, -0.25) is 0 Å². The van der Waals surface area contributed by atoms with E-state index in [4.69, 9.17) is 4.42 Å². The fourth-order valence-corrected chi connectivity index (χ4v) is 2.76. The third kappa shape index (κ3) is 1.66. The molecule has 17 heavy (non-hydrogen) atoms. The molecule has 3 nitrogen and oxygen atoms in total. The lowest BCUT2D eigenvalue weighted by Crippen LogP contribution is -2.21. The van der Waals surface area contributed by atoms with Gasteiger partial charge in [-0.25, -0.2) is 4.98 Å². The van der Waals surface area contributed by atoms with Crippen LogP contribution in [0.2, 0.25) is 0 Å². The zero-order valence-corrected chi connectivity index (χ0v) is 10.1. The molecule has 0 aliphatic rings. The number of hydrogen-bond acceptors (Lipinski definition) is 4. The quantitative estimate of drug-likeness (QED) is 0.754. The van der Waals surface area contributed by atoms with Crippen LogP contribution in [0.15, 0.2) is 47.1 Å². The fourth-order valence-electron chi connectivity index (χ4n) is 1.74. The van der Waals surface area contributed by atoms with E-state index in [2.05, 4.69) is 4.98 Å². The van der Waals surface area contributed by atoms with Crippen LogP contribution in [0.25, 0.3) is 10.2 Å². The van der Waals surface area contributed by atoms with Gasteiger partial charge in [0.25, 0.3) is 0 Å². The molecule has 4 heteroatoms. The highest BCUT2D eigenvalue weighted by Gasteiger charge is 2.32. The van der Waals surface area contributed by atoms with Crippen LogP contribution in [0, 0.1) is 0 Å². The van der Waals surface area contributed by atoms with Gasteiger partial charge in [0.05, 0.1) is 16.5 Å². The van der Waals surface area contributed by atoms with Crippen LogP contribution in [0.3, 0.4) is 0 Å². The van der Waals surface area contributed by atoms with Crippen LogP contribution in [0.4, 0.5) is 0 Å². The molecular formula is C13H11NO2S. The van der Waals surface area contributed by atoms with Gasteiger partial charge < -0.3 is 9.52 Å². The number of thiazole rings is 1. The van der Waals surface area contributed by atoms with E-state index < -0.39 is 5.60 Å². The molecule has 0 fully saturated rings. The Kier molecular flexibility index (Phi) is 2.28. The van der Waals surface area contributed by atoms with Crippen LogP contribution in [-0.2, 0) is 5.60 Å². The monoisotopic (exact) mass is 245 g/mol. The van der Waals surface area contributed by atoms with E-state index in [-0.39, 0.29) is 0 Å². The molecule has 0 saturated heterocycles. The fraction of sp³-hybridized carbons (Fsp3) is 0.154. The molecule has 86 valence electrons. The van der Waals surface area contributed by atoms with Gasteiger partial charge in [0.15, 0.2) is 5.60 Å². The van der Waals surface area contributed by atoms with E-state index in [1.54, 1.807) is 25.3 Å². The maximum absolute atomic E-state index is 10.5. The summed E-state index contributed by atoms with van der Waals surface area (Å²) in [6, 6.07) is 11.4. The Morgan fingerprint density at radius 1 is 1.24 bits per heavy atom. The second kappa shape index (κ2) is 3.68. The topological polar surface area (TPSA) is 46.3 Å². The first-order valence-corrected chi connectivity index (χ1v) is 6.12. The molecule has 3 aromatic rings. The summed E-state index contributed by atoms with van der Waals surface area (Å²) < 4.78 is 6.33. The molecule has 1 N–H and O–H groups in total. The summed E-state index contributed by atoms with van der Waals surface area (Å²) in [6.07, 6.45) is 1.55. The van der Waals surface area contributed by atoms with E-state index in [1.165, 1.54) is 11.3 Å². The van der Waals surface area contributed by atoms with Gasteiger partial charge in [0.2, 0.25) is 0 Å². The van der Waals surface area contributed by atoms with Gasteiger partial charge in [-0.2, -0.15) is 0 Å². The SMILES string of the molecule is C[C@](O)(c1ccco1)c1nc2ccccc2s1. The molecule has 0 aliphatic heterocycles. The molecule has 2 aromatic heterocycles. The van der Waals surface area contributed by atoms with Crippen molar-refractivity contribution in [2.45, 2.75) is 12.5 Å². The number of para-hydroxylation sites is 1. The highest BCUT2D eigenvalue weighted by Crippen LogP contribution is 2.34. The van der Waals surface area contributed by atoms with Gasteiger partial charge in [-0.1, -0.05) is 12.1 Å². The number of benzene rings is 1. The summed E-state index contributed by atoms with van der Waals surface area (Å²) >= 11 is 1.48. The first-order chi connectivity index (χ1) is 8.18. The maximum atomic E-state index is 10.5. The second-order valence-electron chi connectivity index (χ2n) is 4.04. The third-order valence-electron chi connectivity index (χ3n) is 2.71. The number of nitrogens with zero attached hydrogens (tertiary/aromatic N) is 1. The smallest absolute Gasteiger partial charge is 0.170 e. The third-order valence-corrected chi connectivity index (χ3v) is 3.96. The molecule has 0 unspecified atom stereocenters. The van der Waals surface area contributed by atoms with Crippen LogP contribution in [-0.4, -0.2) is 10.1 Å². The largest absolute Gasteiger partial charge is 0.466 e. The lowest BCUT2D eigenvalue weighted by molar-refractivity contribution is 0.0766. The molecule has 1 aromatic carbocycles. The summed E-state index contributed by atoms with van der Waals surface area (Å²) in [5, 5.41) is 11.1. The molecule has 3 rings (SSSR count). The number of hydrogen-bond donors (Lipinski definition) is 1. The van der Waals surface area contributed by atoms with Crippen LogP contribution >= 0.6 is 11.3 Å². The summed E-state index contributed by atoms with van der Waals surface area (Å²) in [4.78, 5) is 4.45. The van der Waals surface area contributed by atoms with Crippen molar-refractivity contribution in [1.82, 2.24) is 4.98 Å². The first-order valence-electron chi connectivity index (χ1n) is 5.30. The van der Waals surface area contributed by atoms with Gasteiger partial charge >= 0.3 is 0 Å². The summed E-state index contributed by atoms with van der Waals surface area (Å²) in [7, 11) is 0. The second-order valence-corrected chi connectivity index (χ2v) is 5.07. The van der Waals surface area contributed by atoms with Crippen LogP contribution < -0.4 is 0 Å². The van der Waals surface area contributed by atoms with E-state index in [0.29, 0.717) is 10.8 Å². The summed E-state index contributed by atoms with van der Waals surface area (Å²) in [6.45, 7) is 1.70. The highest BCUT2D eigenvalue weighted by molar-refractivity contribution is 7.18. The number of furan rings is 1. The minimum Gasteiger partial charge on any atom is -0.466 e. The molecule has 0 saturated carbocycles. The van der Waals surface area contributed by atoms with Gasteiger partial charge in [0, 0.05) is 0 Å². The minimum absolute atomic E-state index is 0.511. The summed E-state index contributed by atoms with van der Waals surface area (Å²) in [5.74, 6) is 0.511.